The second kappa shape index (κ2) is 13.9. The van der Waals surface area contributed by atoms with Gasteiger partial charge in [-0.05, 0) is 115 Å². The van der Waals surface area contributed by atoms with Gasteiger partial charge in [0.05, 0.1) is 0 Å². The van der Waals surface area contributed by atoms with Crippen molar-refractivity contribution >= 4 is 66.8 Å². The van der Waals surface area contributed by atoms with Crippen molar-refractivity contribution in [2.24, 2.45) is 0 Å². The van der Waals surface area contributed by atoms with E-state index in [2.05, 4.69) is 70.6 Å². The topological polar surface area (TPSA) is 59.9 Å². The lowest BCUT2D eigenvalue weighted by molar-refractivity contribution is 0.103. The van der Waals surface area contributed by atoms with Crippen LogP contribution in [0.4, 0.5) is 0 Å². The third-order valence-electron chi connectivity index (χ3n) is 8.36. The Hall–Kier alpha value is -6.52. The Morgan fingerprint density at radius 2 is 0.688 bits per heavy atom. The fourth-order valence-electron chi connectivity index (χ4n) is 6.00. The molecule has 8 aromatic rings. The minimum absolute atomic E-state index is 0.0191. The summed E-state index contributed by atoms with van der Waals surface area (Å²) in [4.78, 5) is 32.7. The van der Waals surface area contributed by atoms with Gasteiger partial charge in [0.25, 0.3) is 0 Å². The van der Waals surface area contributed by atoms with Crippen LogP contribution in [0, 0.1) is 0 Å². The number of rotatable bonds is 6. The molecule has 48 heavy (non-hydrogen) atoms. The van der Waals surface area contributed by atoms with E-state index >= 15 is 0 Å². The lowest BCUT2D eigenvalue weighted by Crippen LogP contribution is -1.94. The van der Waals surface area contributed by atoms with Gasteiger partial charge in [0.15, 0.2) is 11.6 Å². The Kier molecular flexibility index (Phi) is 8.70. The third-order valence-corrected chi connectivity index (χ3v) is 8.36. The lowest BCUT2D eigenvalue weighted by Gasteiger charge is -2.08. The van der Waals surface area contributed by atoms with Crippen LogP contribution in [-0.2, 0) is 0 Å². The first-order chi connectivity index (χ1) is 23.7. The van der Waals surface area contributed by atoms with Crippen molar-refractivity contribution in [2.75, 3.05) is 0 Å². The SMILES string of the molecule is O=C(/C=C/c1c2ccccc2cc2ccccc12)c1ccncc1.O=C(/C=C/c1c2ccccc2cc2ccccc12)c1ccncc1. The van der Waals surface area contributed by atoms with Crippen molar-refractivity contribution in [3.8, 4) is 0 Å². The van der Waals surface area contributed by atoms with Crippen LogP contribution in [0.3, 0.4) is 0 Å². The second-order valence-electron chi connectivity index (χ2n) is 11.3. The molecule has 2 aromatic heterocycles. The van der Waals surface area contributed by atoms with Gasteiger partial charge < -0.3 is 0 Å². The quantitative estimate of drug-likeness (QED) is 0.106. The predicted molar refractivity (Wildman–Crippen MR) is 198 cm³/mol. The number of allylic oxidation sites excluding steroid dienone is 2. The molecule has 2 heterocycles. The van der Waals surface area contributed by atoms with Crippen LogP contribution in [0.25, 0.3) is 55.2 Å². The number of carbonyl (C=O) groups is 2. The highest BCUT2D eigenvalue weighted by molar-refractivity contribution is 6.13. The molecule has 228 valence electrons. The molecule has 0 amide bonds. The monoisotopic (exact) mass is 618 g/mol. The van der Waals surface area contributed by atoms with Crippen LogP contribution in [0.1, 0.15) is 31.8 Å². The molecule has 4 heteroatoms. The smallest absolute Gasteiger partial charge is 0.185 e. The molecule has 0 bridgehead atoms. The van der Waals surface area contributed by atoms with Crippen LogP contribution in [0.5, 0.6) is 0 Å². The zero-order valence-electron chi connectivity index (χ0n) is 26.0. The van der Waals surface area contributed by atoms with E-state index < -0.39 is 0 Å². The summed E-state index contributed by atoms with van der Waals surface area (Å²) in [5.41, 5.74) is 3.44. The van der Waals surface area contributed by atoms with Gasteiger partial charge in [-0.3, -0.25) is 19.6 Å². The number of pyridine rings is 2. The fourth-order valence-corrected chi connectivity index (χ4v) is 6.00. The van der Waals surface area contributed by atoms with Crippen LogP contribution < -0.4 is 0 Å². The molecule has 8 rings (SSSR count). The van der Waals surface area contributed by atoms with Crippen molar-refractivity contribution in [1.29, 1.82) is 0 Å². The van der Waals surface area contributed by atoms with Crippen molar-refractivity contribution in [1.82, 2.24) is 9.97 Å². The first-order valence-electron chi connectivity index (χ1n) is 15.7. The molecule has 0 aliphatic rings. The van der Waals surface area contributed by atoms with E-state index in [1.54, 1.807) is 61.2 Å². The molecule has 0 saturated heterocycles. The molecule has 0 unspecified atom stereocenters. The maximum Gasteiger partial charge on any atom is 0.185 e. The highest BCUT2D eigenvalue weighted by Gasteiger charge is 2.08. The molecular formula is C44H30N2O2. The summed E-state index contributed by atoms with van der Waals surface area (Å²) in [5.74, 6) is -0.0381. The fraction of sp³-hybridized carbons (Fsp3) is 0. The van der Waals surface area contributed by atoms with Gasteiger partial charge in [-0.15, -0.1) is 0 Å². The summed E-state index contributed by atoms with van der Waals surface area (Å²) >= 11 is 0. The highest BCUT2D eigenvalue weighted by atomic mass is 16.1. The van der Waals surface area contributed by atoms with Gasteiger partial charge >= 0.3 is 0 Å². The number of benzene rings is 6. The van der Waals surface area contributed by atoms with Gasteiger partial charge in [-0.2, -0.15) is 0 Å². The first-order valence-corrected chi connectivity index (χ1v) is 15.7. The molecule has 0 saturated carbocycles. The Morgan fingerprint density at radius 1 is 0.396 bits per heavy atom. The van der Waals surface area contributed by atoms with E-state index in [0.29, 0.717) is 11.1 Å². The lowest BCUT2D eigenvalue weighted by atomic mass is 9.96. The molecule has 4 nitrogen and oxygen atoms in total. The number of fused-ring (bicyclic) bond motifs is 4. The predicted octanol–water partition coefficient (Wildman–Crippen LogP) is 10.6. The molecule has 0 spiro atoms. The summed E-state index contributed by atoms with van der Waals surface area (Å²) in [7, 11) is 0. The van der Waals surface area contributed by atoms with Gasteiger partial charge in [0.2, 0.25) is 0 Å². The minimum Gasteiger partial charge on any atom is -0.289 e. The molecule has 0 fully saturated rings. The van der Waals surface area contributed by atoms with E-state index in [1.807, 2.05) is 60.7 Å². The number of hydrogen-bond donors (Lipinski definition) is 0. The summed E-state index contributed by atoms with van der Waals surface area (Å²) in [5, 5.41) is 9.29. The van der Waals surface area contributed by atoms with E-state index in [9.17, 15) is 9.59 Å². The van der Waals surface area contributed by atoms with Crippen LogP contribution in [0.15, 0.2) is 170 Å². The highest BCUT2D eigenvalue weighted by Crippen LogP contribution is 2.31. The van der Waals surface area contributed by atoms with E-state index in [1.165, 1.54) is 21.5 Å². The Balaban J connectivity index is 0.000000152. The average molecular weight is 619 g/mol. The molecule has 6 aromatic carbocycles. The normalized spacial score (nSPS) is 11.3. The molecule has 0 aliphatic heterocycles. The van der Waals surface area contributed by atoms with Gasteiger partial charge in [-0.1, -0.05) is 97.1 Å². The molecule has 0 N–H and O–H groups in total. The number of ketones is 2. The number of hydrogen-bond acceptors (Lipinski definition) is 4. The van der Waals surface area contributed by atoms with Gasteiger partial charge in [0, 0.05) is 35.9 Å². The Morgan fingerprint density at radius 3 is 1.00 bits per heavy atom. The number of nitrogens with zero attached hydrogens (tertiary/aromatic N) is 2. The Labute approximate surface area is 278 Å². The summed E-state index contributed by atoms with van der Waals surface area (Å²) < 4.78 is 0. The second-order valence-corrected chi connectivity index (χ2v) is 11.3. The van der Waals surface area contributed by atoms with Crippen molar-refractivity contribution < 1.29 is 9.59 Å². The maximum atomic E-state index is 12.4. The largest absolute Gasteiger partial charge is 0.289 e. The van der Waals surface area contributed by atoms with E-state index in [0.717, 1.165) is 32.7 Å². The summed E-state index contributed by atoms with van der Waals surface area (Å²) in [6, 6.07) is 44.3. The summed E-state index contributed by atoms with van der Waals surface area (Å²) in [6.07, 6.45) is 13.7. The van der Waals surface area contributed by atoms with Crippen molar-refractivity contribution in [3.05, 3.63) is 193 Å². The van der Waals surface area contributed by atoms with Crippen molar-refractivity contribution in [3.63, 3.8) is 0 Å². The van der Waals surface area contributed by atoms with Gasteiger partial charge in [0.1, 0.15) is 0 Å². The molecular weight excluding hydrogens is 588 g/mol. The maximum absolute atomic E-state index is 12.4. The van der Waals surface area contributed by atoms with Crippen LogP contribution in [-0.4, -0.2) is 21.5 Å². The molecule has 0 aliphatic carbocycles. The minimum atomic E-state index is -0.0191. The summed E-state index contributed by atoms with van der Waals surface area (Å²) in [6.45, 7) is 0. The van der Waals surface area contributed by atoms with E-state index in [-0.39, 0.29) is 11.6 Å². The zero-order chi connectivity index (χ0) is 32.7. The third kappa shape index (κ3) is 6.41. The first kappa shape index (κ1) is 30.2. The average Bonchev–Trinajstić information content (AvgIpc) is 3.15. The van der Waals surface area contributed by atoms with Crippen molar-refractivity contribution in [2.45, 2.75) is 0 Å². The Bertz CT molecular complexity index is 2200. The number of aromatic nitrogens is 2. The van der Waals surface area contributed by atoms with Gasteiger partial charge in [-0.25, -0.2) is 0 Å². The van der Waals surface area contributed by atoms with Crippen LogP contribution >= 0.6 is 0 Å². The zero-order valence-corrected chi connectivity index (χ0v) is 26.0. The molecule has 0 radical (unpaired) electrons. The van der Waals surface area contributed by atoms with E-state index in [4.69, 9.17) is 0 Å². The standard InChI is InChI=1S/2C22H15NO/c2*24-22(16-11-13-23-14-12-16)10-9-21-19-7-3-1-5-17(19)15-18-6-2-4-8-20(18)21/h2*1-15H/b2*10-9+. The molecule has 0 atom stereocenters. The van der Waals surface area contributed by atoms with Crippen LogP contribution in [0.2, 0.25) is 0 Å². The number of carbonyl (C=O) groups excluding carboxylic acids is 2.